The zero-order valence-corrected chi connectivity index (χ0v) is 8.40. The van der Waals surface area contributed by atoms with Gasteiger partial charge in [0.05, 0.1) is 0 Å². The third-order valence-corrected chi connectivity index (χ3v) is 2.05. The van der Waals surface area contributed by atoms with Gasteiger partial charge in [-0.25, -0.2) is 9.18 Å². The van der Waals surface area contributed by atoms with E-state index in [1.165, 1.54) is 6.07 Å². The van der Waals surface area contributed by atoms with Crippen molar-refractivity contribution < 1.29 is 18.3 Å². The molecule has 0 amide bonds. The molecule has 0 bridgehead atoms. The van der Waals surface area contributed by atoms with Gasteiger partial charge in [0.15, 0.2) is 0 Å². The molecule has 0 unspecified atom stereocenters. The Balaban J connectivity index is 2.28. The maximum atomic E-state index is 11.8. The lowest BCUT2D eigenvalue weighted by atomic mass is 10.2. The SMILES string of the molecule is Nc1ccc2oc(C(=O)OCCF)cc2c1. The number of rotatable bonds is 3. The number of halogens is 1. The molecule has 1 aromatic carbocycles. The molecule has 0 saturated heterocycles. The van der Waals surface area contributed by atoms with E-state index in [9.17, 15) is 9.18 Å². The molecule has 2 rings (SSSR count). The van der Waals surface area contributed by atoms with Crippen LogP contribution in [0.5, 0.6) is 0 Å². The molecule has 0 saturated carbocycles. The summed E-state index contributed by atoms with van der Waals surface area (Å²) in [5.74, 6) is -0.624. The van der Waals surface area contributed by atoms with E-state index >= 15 is 0 Å². The number of alkyl halides is 1. The average molecular weight is 223 g/mol. The Bertz CT molecular complexity index is 521. The molecule has 0 spiro atoms. The predicted octanol–water partition coefficient (Wildman–Crippen LogP) is 2.14. The van der Waals surface area contributed by atoms with Gasteiger partial charge in [0.2, 0.25) is 5.76 Å². The zero-order valence-electron chi connectivity index (χ0n) is 8.40. The van der Waals surface area contributed by atoms with Crippen molar-refractivity contribution >= 4 is 22.6 Å². The average Bonchev–Trinajstić information content (AvgIpc) is 2.68. The maximum Gasteiger partial charge on any atom is 0.374 e. The van der Waals surface area contributed by atoms with Crippen LogP contribution in [0.25, 0.3) is 11.0 Å². The van der Waals surface area contributed by atoms with Crippen molar-refractivity contribution in [1.82, 2.24) is 0 Å². The van der Waals surface area contributed by atoms with Crippen molar-refractivity contribution in [1.29, 1.82) is 0 Å². The minimum absolute atomic E-state index is 0.0500. The Labute approximate surface area is 90.8 Å². The van der Waals surface area contributed by atoms with Crippen LogP contribution in [0.15, 0.2) is 28.7 Å². The normalized spacial score (nSPS) is 10.6. The third kappa shape index (κ3) is 1.98. The maximum absolute atomic E-state index is 11.8. The molecular weight excluding hydrogens is 213 g/mol. The van der Waals surface area contributed by atoms with E-state index in [2.05, 4.69) is 4.74 Å². The van der Waals surface area contributed by atoms with Crippen LogP contribution in [0.1, 0.15) is 10.6 Å². The summed E-state index contributed by atoms with van der Waals surface area (Å²) in [5.41, 5.74) is 6.71. The van der Waals surface area contributed by atoms with E-state index in [4.69, 9.17) is 10.2 Å². The standard InChI is InChI=1S/C11H10FNO3/c12-3-4-15-11(14)10-6-7-5-8(13)1-2-9(7)16-10/h1-2,5-6H,3-4,13H2. The summed E-state index contributed by atoms with van der Waals surface area (Å²) >= 11 is 0. The molecule has 1 aromatic heterocycles. The van der Waals surface area contributed by atoms with Gasteiger partial charge in [-0.1, -0.05) is 0 Å². The monoisotopic (exact) mass is 223 g/mol. The number of nitrogens with two attached hydrogens (primary N) is 1. The van der Waals surface area contributed by atoms with Crippen LogP contribution in [-0.2, 0) is 4.74 Å². The number of carbonyl (C=O) groups is 1. The molecule has 84 valence electrons. The van der Waals surface area contributed by atoms with Gasteiger partial charge in [0, 0.05) is 11.1 Å². The topological polar surface area (TPSA) is 65.5 Å². The second-order valence-electron chi connectivity index (χ2n) is 3.23. The van der Waals surface area contributed by atoms with Crippen LogP contribution in [0, 0.1) is 0 Å². The Hall–Kier alpha value is -2.04. The molecule has 0 aliphatic heterocycles. The molecule has 2 N–H and O–H groups in total. The first kappa shape index (κ1) is 10.5. The minimum atomic E-state index is -0.709. The summed E-state index contributed by atoms with van der Waals surface area (Å²) < 4.78 is 21.6. The lowest BCUT2D eigenvalue weighted by Crippen LogP contribution is -2.05. The minimum Gasteiger partial charge on any atom is -0.457 e. The Morgan fingerprint density at radius 2 is 2.25 bits per heavy atom. The molecule has 5 heteroatoms. The van der Waals surface area contributed by atoms with E-state index in [-0.39, 0.29) is 12.4 Å². The molecule has 4 nitrogen and oxygen atoms in total. The second kappa shape index (κ2) is 4.22. The van der Waals surface area contributed by atoms with Crippen LogP contribution in [0.2, 0.25) is 0 Å². The van der Waals surface area contributed by atoms with E-state index in [0.29, 0.717) is 16.7 Å². The van der Waals surface area contributed by atoms with Crippen molar-refractivity contribution in [2.24, 2.45) is 0 Å². The van der Waals surface area contributed by atoms with Gasteiger partial charge in [0.25, 0.3) is 0 Å². The fraction of sp³-hybridized carbons (Fsp3) is 0.182. The molecule has 2 aromatic rings. The summed E-state index contributed by atoms with van der Waals surface area (Å²) in [7, 11) is 0. The van der Waals surface area contributed by atoms with Gasteiger partial charge in [-0.05, 0) is 24.3 Å². The number of ether oxygens (including phenoxy) is 1. The summed E-state index contributed by atoms with van der Waals surface area (Å²) in [4.78, 5) is 11.3. The quantitative estimate of drug-likeness (QED) is 0.639. The fourth-order valence-electron chi connectivity index (χ4n) is 1.36. The first-order valence-electron chi connectivity index (χ1n) is 4.73. The zero-order chi connectivity index (χ0) is 11.5. The lowest BCUT2D eigenvalue weighted by molar-refractivity contribution is 0.0448. The summed E-state index contributed by atoms with van der Waals surface area (Å²) in [5, 5.41) is 0.715. The highest BCUT2D eigenvalue weighted by Gasteiger charge is 2.13. The number of anilines is 1. The number of hydrogen-bond acceptors (Lipinski definition) is 4. The van der Waals surface area contributed by atoms with Crippen molar-refractivity contribution in [2.45, 2.75) is 0 Å². The van der Waals surface area contributed by atoms with Gasteiger partial charge in [-0.3, -0.25) is 0 Å². The molecule has 0 aliphatic rings. The fourth-order valence-corrected chi connectivity index (χ4v) is 1.36. The van der Waals surface area contributed by atoms with Crippen LogP contribution in [-0.4, -0.2) is 19.3 Å². The highest BCUT2D eigenvalue weighted by atomic mass is 19.1. The Morgan fingerprint density at radius 1 is 1.44 bits per heavy atom. The number of furan rings is 1. The molecule has 16 heavy (non-hydrogen) atoms. The van der Waals surface area contributed by atoms with Crippen molar-refractivity contribution in [3.63, 3.8) is 0 Å². The van der Waals surface area contributed by atoms with Gasteiger partial charge in [-0.15, -0.1) is 0 Å². The number of hydrogen-bond donors (Lipinski definition) is 1. The highest BCUT2D eigenvalue weighted by Crippen LogP contribution is 2.22. The van der Waals surface area contributed by atoms with Crippen molar-refractivity contribution in [3.05, 3.63) is 30.0 Å². The number of benzene rings is 1. The number of carbonyl (C=O) groups excluding carboxylic acids is 1. The predicted molar refractivity (Wildman–Crippen MR) is 56.9 cm³/mol. The number of fused-ring (bicyclic) bond motifs is 1. The van der Waals surface area contributed by atoms with E-state index in [0.717, 1.165) is 0 Å². The molecule has 0 fully saturated rings. The first-order chi connectivity index (χ1) is 7.70. The summed E-state index contributed by atoms with van der Waals surface area (Å²) in [6.45, 7) is -0.975. The largest absolute Gasteiger partial charge is 0.457 e. The summed E-state index contributed by atoms with van der Waals surface area (Å²) in [6.07, 6.45) is 0. The van der Waals surface area contributed by atoms with Crippen molar-refractivity contribution in [3.8, 4) is 0 Å². The van der Waals surface area contributed by atoms with E-state index < -0.39 is 12.6 Å². The van der Waals surface area contributed by atoms with Crippen LogP contribution in [0.4, 0.5) is 10.1 Å². The van der Waals surface area contributed by atoms with Crippen LogP contribution in [0.3, 0.4) is 0 Å². The molecule has 1 heterocycles. The lowest BCUT2D eigenvalue weighted by Gasteiger charge is -1.96. The number of nitrogen functional groups attached to an aromatic ring is 1. The summed E-state index contributed by atoms with van der Waals surface area (Å²) in [6, 6.07) is 6.54. The molecule has 0 atom stereocenters. The van der Waals surface area contributed by atoms with Gasteiger partial charge >= 0.3 is 5.97 Å². The molecular formula is C11H10FNO3. The Kier molecular flexibility index (Phi) is 2.76. The van der Waals surface area contributed by atoms with E-state index in [1.807, 2.05) is 0 Å². The third-order valence-electron chi connectivity index (χ3n) is 2.05. The van der Waals surface area contributed by atoms with Crippen LogP contribution >= 0.6 is 0 Å². The van der Waals surface area contributed by atoms with Gasteiger partial charge in [-0.2, -0.15) is 0 Å². The highest BCUT2D eigenvalue weighted by molar-refractivity contribution is 5.93. The number of esters is 1. The van der Waals surface area contributed by atoms with Crippen LogP contribution < -0.4 is 5.73 Å². The first-order valence-corrected chi connectivity index (χ1v) is 4.73. The molecule has 0 aliphatic carbocycles. The smallest absolute Gasteiger partial charge is 0.374 e. The van der Waals surface area contributed by atoms with Crippen molar-refractivity contribution in [2.75, 3.05) is 19.0 Å². The second-order valence-corrected chi connectivity index (χ2v) is 3.23. The van der Waals surface area contributed by atoms with Gasteiger partial charge in [0.1, 0.15) is 18.9 Å². The molecule has 0 radical (unpaired) electrons. The van der Waals surface area contributed by atoms with Gasteiger partial charge < -0.3 is 14.9 Å². The van der Waals surface area contributed by atoms with E-state index in [1.54, 1.807) is 18.2 Å². The Morgan fingerprint density at radius 3 is 3.00 bits per heavy atom.